The molecule has 0 bridgehead atoms. The van der Waals surface area contributed by atoms with Gasteiger partial charge >= 0.3 is 0 Å². The van der Waals surface area contributed by atoms with Crippen molar-refractivity contribution >= 4 is 6.29 Å². The predicted octanol–water partition coefficient (Wildman–Crippen LogP) is 2.62. The second-order valence-corrected chi connectivity index (χ2v) is 5.38. The summed E-state index contributed by atoms with van der Waals surface area (Å²) in [5, 5.41) is 0. The van der Waals surface area contributed by atoms with E-state index >= 15 is 0 Å². The van der Waals surface area contributed by atoms with Gasteiger partial charge in [-0.3, -0.25) is 0 Å². The maximum Gasteiger partial charge on any atom is 0.127 e. The van der Waals surface area contributed by atoms with Crippen molar-refractivity contribution in [2.24, 2.45) is 5.41 Å². The first-order valence-electron chi connectivity index (χ1n) is 6.53. The van der Waals surface area contributed by atoms with Crippen molar-refractivity contribution in [1.29, 1.82) is 0 Å². The summed E-state index contributed by atoms with van der Waals surface area (Å²) >= 11 is 0. The van der Waals surface area contributed by atoms with E-state index in [-0.39, 0.29) is 5.41 Å². The average Bonchev–Trinajstić information content (AvgIpc) is 2.32. The van der Waals surface area contributed by atoms with Crippen LogP contribution in [0, 0.1) is 5.41 Å². The van der Waals surface area contributed by atoms with E-state index in [1.165, 1.54) is 57.9 Å². The van der Waals surface area contributed by atoms with Gasteiger partial charge in [0.15, 0.2) is 0 Å². The molecule has 1 saturated heterocycles. The highest BCUT2D eigenvalue weighted by molar-refractivity contribution is 5.60. The number of likely N-dealkylation sites (tertiary alicyclic amines) is 1. The van der Waals surface area contributed by atoms with Gasteiger partial charge < -0.3 is 9.69 Å². The van der Waals surface area contributed by atoms with E-state index in [1.807, 2.05) is 0 Å². The Bertz CT molecular complexity index is 203. The third-order valence-corrected chi connectivity index (χ3v) is 4.09. The van der Waals surface area contributed by atoms with Crippen LogP contribution in [-0.2, 0) is 4.79 Å². The SMILES string of the molecule is O=CC1(CN2CCCCC2)CCCCC1. The summed E-state index contributed by atoms with van der Waals surface area (Å²) in [5.74, 6) is 0. The molecule has 2 nitrogen and oxygen atoms in total. The van der Waals surface area contributed by atoms with Crippen LogP contribution in [0.15, 0.2) is 0 Å². The van der Waals surface area contributed by atoms with Gasteiger partial charge in [0.2, 0.25) is 0 Å². The molecule has 1 saturated carbocycles. The van der Waals surface area contributed by atoms with E-state index in [1.54, 1.807) is 0 Å². The van der Waals surface area contributed by atoms with Crippen LogP contribution in [0.5, 0.6) is 0 Å². The fourth-order valence-corrected chi connectivity index (χ4v) is 3.13. The van der Waals surface area contributed by atoms with Crippen LogP contribution in [-0.4, -0.2) is 30.8 Å². The molecular formula is C13H23NO. The fraction of sp³-hybridized carbons (Fsp3) is 0.923. The second-order valence-electron chi connectivity index (χ2n) is 5.38. The molecule has 0 aromatic carbocycles. The first kappa shape index (κ1) is 11.1. The smallest absolute Gasteiger partial charge is 0.127 e. The number of hydrogen-bond donors (Lipinski definition) is 0. The van der Waals surface area contributed by atoms with Gasteiger partial charge in [0.1, 0.15) is 6.29 Å². The largest absolute Gasteiger partial charge is 0.303 e. The molecule has 15 heavy (non-hydrogen) atoms. The van der Waals surface area contributed by atoms with Crippen molar-refractivity contribution in [3.05, 3.63) is 0 Å². The van der Waals surface area contributed by atoms with Crippen molar-refractivity contribution in [2.75, 3.05) is 19.6 Å². The Labute approximate surface area is 93.0 Å². The van der Waals surface area contributed by atoms with Gasteiger partial charge in [-0.15, -0.1) is 0 Å². The fourth-order valence-electron chi connectivity index (χ4n) is 3.13. The van der Waals surface area contributed by atoms with Crippen LogP contribution in [0.2, 0.25) is 0 Å². The Morgan fingerprint density at radius 2 is 1.53 bits per heavy atom. The molecule has 86 valence electrons. The summed E-state index contributed by atoms with van der Waals surface area (Å²) in [4.78, 5) is 13.8. The number of piperidine rings is 1. The molecule has 1 heterocycles. The van der Waals surface area contributed by atoms with Crippen molar-refractivity contribution in [3.63, 3.8) is 0 Å². The van der Waals surface area contributed by atoms with Crippen molar-refractivity contribution in [3.8, 4) is 0 Å². The monoisotopic (exact) mass is 209 g/mol. The van der Waals surface area contributed by atoms with Crippen molar-refractivity contribution in [2.45, 2.75) is 51.4 Å². The lowest BCUT2D eigenvalue weighted by Gasteiger charge is -2.38. The summed E-state index contributed by atoms with van der Waals surface area (Å²) < 4.78 is 0. The lowest BCUT2D eigenvalue weighted by Crippen LogP contribution is -2.42. The number of carbonyl (C=O) groups excluding carboxylic acids is 1. The molecule has 2 rings (SSSR count). The lowest BCUT2D eigenvalue weighted by molar-refractivity contribution is -0.119. The van der Waals surface area contributed by atoms with Gasteiger partial charge in [-0.25, -0.2) is 0 Å². The molecule has 0 aromatic heterocycles. The molecular weight excluding hydrogens is 186 g/mol. The van der Waals surface area contributed by atoms with Gasteiger partial charge in [-0.05, 0) is 38.8 Å². The van der Waals surface area contributed by atoms with E-state index in [0.717, 1.165) is 19.4 Å². The normalized spacial score (nSPS) is 27.5. The summed E-state index contributed by atoms with van der Waals surface area (Å²) in [7, 11) is 0. The summed E-state index contributed by atoms with van der Waals surface area (Å²) in [6.07, 6.45) is 11.4. The molecule has 1 aliphatic carbocycles. The average molecular weight is 209 g/mol. The standard InChI is InChI=1S/C13H23NO/c15-12-13(7-3-1-4-8-13)11-14-9-5-2-6-10-14/h12H,1-11H2. The van der Waals surface area contributed by atoms with Crippen LogP contribution in [0.3, 0.4) is 0 Å². The first-order valence-corrected chi connectivity index (χ1v) is 6.53. The topological polar surface area (TPSA) is 20.3 Å². The van der Waals surface area contributed by atoms with Gasteiger partial charge in [-0.2, -0.15) is 0 Å². The predicted molar refractivity (Wildman–Crippen MR) is 61.9 cm³/mol. The lowest BCUT2D eigenvalue weighted by atomic mass is 9.74. The molecule has 0 spiro atoms. The van der Waals surface area contributed by atoms with E-state index in [0.29, 0.717) is 0 Å². The van der Waals surface area contributed by atoms with Crippen LogP contribution in [0.25, 0.3) is 0 Å². The minimum Gasteiger partial charge on any atom is -0.303 e. The summed E-state index contributed by atoms with van der Waals surface area (Å²) in [5.41, 5.74) is 0.0234. The molecule has 0 amide bonds. The van der Waals surface area contributed by atoms with Crippen LogP contribution in [0.4, 0.5) is 0 Å². The van der Waals surface area contributed by atoms with E-state index in [2.05, 4.69) is 4.90 Å². The molecule has 2 fully saturated rings. The molecule has 0 radical (unpaired) electrons. The van der Waals surface area contributed by atoms with E-state index < -0.39 is 0 Å². The van der Waals surface area contributed by atoms with E-state index in [9.17, 15) is 4.79 Å². The Morgan fingerprint density at radius 3 is 2.13 bits per heavy atom. The highest BCUT2D eigenvalue weighted by atomic mass is 16.1. The minimum atomic E-state index is 0.0234. The molecule has 2 heteroatoms. The minimum absolute atomic E-state index is 0.0234. The highest BCUT2D eigenvalue weighted by Gasteiger charge is 2.33. The zero-order chi connectivity index (χ0) is 10.6. The second kappa shape index (κ2) is 5.11. The van der Waals surface area contributed by atoms with Crippen molar-refractivity contribution in [1.82, 2.24) is 4.90 Å². The van der Waals surface area contributed by atoms with Crippen LogP contribution < -0.4 is 0 Å². The third-order valence-electron chi connectivity index (χ3n) is 4.09. The first-order chi connectivity index (χ1) is 7.35. The maximum absolute atomic E-state index is 11.3. The van der Waals surface area contributed by atoms with Gasteiger partial charge in [0.05, 0.1) is 0 Å². The molecule has 0 unspecified atom stereocenters. The van der Waals surface area contributed by atoms with Gasteiger partial charge in [0.25, 0.3) is 0 Å². The number of aldehydes is 1. The molecule has 0 aromatic rings. The number of carbonyl (C=O) groups is 1. The summed E-state index contributed by atoms with van der Waals surface area (Å²) in [6.45, 7) is 3.47. The van der Waals surface area contributed by atoms with Gasteiger partial charge in [0, 0.05) is 12.0 Å². The van der Waals surface area contributed by atoms with Gasteiger partial charge in [-0.1, -0.05) is 25.7 Å². The van der Waals surface area contributed by atoms with Crippen LogP contribution in [0.1, 0.15) is 51.4 Å². The highest BCUT2D eigenvalue weighted by Crippen LogP contribution is 2.35. The third kappa shape index (κ3) is 2.81. The Kier molecular flexibility index (Phi) is 3.79. The maximum atomic E-state index is 11.3. The summed E-state index contributed by atoms with van der Waals surface area (Å²) in [6, 6.07) is 0. The quantitative estimate of drug-likeness (QED) is 0.666. The van der Waals surface area contributed by atoms with E-state index in [4.69, 9.17) is 0 Å². The number of hydrogen-bond acceptors (Lipinski definition) is 2. The molecule has 0 N–H and O–H groups in total. The molecule has 2 aliphatic rings. The zero-order valence-electron chi connectivity index (χ0n) is 9.71. The Hall–Kier alpha value is -0.370. The Balaban J connectivity index is 1.90. The Morgan fingerprint density at radius 1 is 0.933 bits per heavy atom. The zero-order valence-corrected chi connectivity index (χ0v) is 9.71. The molecule has 0 atom stereocenters. The van der Waals surface area contributed by atoms with Crippen molar-refractivity contribution < 1.29 is 4.79 Å². The molecule has 1 aliphatic heterocycles. The number of rotatable bonds is 3. The number of nitrogens with zero attached hydrogens (tertiary/aromatic N) is 1. The van der Waals surface area contributed by atoms with Crippen LogP contribution >= 0.6 is 0 Å².